The van der Waals surface area contributed by atoms with E-state index in [1.54, 1.807) is 18.3 Å². The fourth-order valence-corrected chi connectivity index (χ4v) is 3.07. The molecule has 3 aromatic rings. The maximum atomic E-state index is 11.8. The first-order chi connectivity index (χ1) is 17.1. The predicted octanol–water partition coefficient (Wildman–Crippen LogP) is 5.00. The monoisotopic (exact) mass is 484 g/mol. The van der Waals surface area contributed by atoms with Gasteiger partial charge in [0.05, 0.1) is 24.1 Å². The number of esters is 1. The van der Waals surface area contributed by atoms with Crippen LogP contribution in [0, 0.1) is 6.92 Å². The topological polar surface area (TPSA) is 123 Å². The third-order valence-electron chi connectivity index (χ3n) is 4.76. The van der Waals surface area contributed by atoms with Crippen molar-refractivity contribution in [2.45, 2.75) is 53.1 Å². The van der Waals surface area contributed by atoms with Crippen molar-refractivity contribution in [1.82, 2.24) is 15.1 Å². The Morgan fingerprint density at radius 3 is 2.46 bits per heavy atom. The lowest BCUT2D eigenvalue weighted by molar-refractivity contribution is 0.0489. The number of anilines is 1. The van der Waals surface area contributed by atoms with Gasteiger partial charge in [0, 0.05) is 19.8 Å². The molecule has 0 aliphatic rings. The molecule has 9 nitrogen and oxygen atoms in total. The lowest BCUT2D eigenvalue weighted by Gasteiger charge is -2.06. The first-order valence-electron chi connectivity index (χ1n) is 12.1. The summed E-state index contributed by atoms with van der Waals surface area (Å²) < 4.78 is 21.6. The summed E-state index contributed by atoms with van der Waals surface area (Å²) in [6.07, 6.45) is 5.03. The summed E-state index contributed by atoms with van der Waals surface area (Å²) >= 11 is 0. The molecule has 0 fully saturated rings. The van der Waals surface area contributed by atoms with Gasteiger partial charge >= 0.3 is 5.97 Å². The van der Waals surface area contributed by atoms with Crippen LogP contribution in [-0.4, -0.2) is 47.5 Å². The van der Waals surface area contributed by atoms with E-state index in [0.29, 0.717) is 55.1 Å². The van der Waals surface area contributed by atoms with Crippen LogP contribution in [0.15, 0.2) is 47.1 Å². The third kappa shape index (κ3) is 10.2. The van der Waals surface area contributed by atoms with Crippen molar-refractivity contribution in [3.63, 3.8) is 0 Å². The molecule has 0 aliphatic heterocycles. The van der Waals surface area contributed by atoms with Crippen molar-refractivity contribution >= 4 is 11.7 Å². The van der Waals surface area contributed by atoms with Gasteiger partial charge in [0.15, 0.2) is 0 Å². The highest BCUT2D eigenvalue weighted by molar-refractivity contribution is 5.89. The van der Waals surface area contributed by atoms with E-state index in [-0.39, 0.29) is 12.6 Å². The number of nitrogens with zero attached hydrogens (tertiary/aromatic N) is 3. The fraction of sp³-hybridized carbons (Fsp3) is 0.462. The van der Waals surface area contributed by atoms with Gasteiger partial charge in [0.25, 0.3) is 5.89 Å². The number of carbonyl (C=O) groups is 1. The molecule has 0 radical (unpaired) electrons. The van der Waals surface area contributed by atoms with Gasteiger partial charge in [-0.25, -0.2) is 4.79 Å². The maximum Gasteiger partial charge on any atom is 0.338 e. The van der Waals surface area contributed by atoms with E-state index in [1.807, 2.05) is 45.0 Å². The van der Waals surface area contributed by atoms with Crippen LogP contribution in [0.1, 0.15) is 61.3 Å². The molecule has 2 aromatic heterocycles. The zero-order chi connectivity index (χ0) is 25.3. The second-order valence-corrected chi connectivity index (χ2v) is 7.53. The van der Waals surface area contributed by atoms with Crippen molar-refractivity contribution in [3.05, 3.63) is 59.6 Å². The first kappa shape index (κ1) is 27.9. The number of rotatable bonds is 14. The number of aromatic nitrogens is 3. The van der Waals surface area contributed by atoms with Crippen molar-refractivity contribution < 1.29 is 23.5 Å². The Morgan fingerprint density at radius 2 is 1.69 bits per heavy atom. The summed E-state index contributed by atoms with van der Waals surface area (Å²) in [6.45, 7) is 8.38. The number of pyridine rings is 1. The summed E-state index contributed by atoms with van der Waals surface area (Å²) in [5.74, 6) is 0.543. The first-order valence-corrected chi connectivity index (χ1v) is 12.1. The summed E-state index contributed by atoms with van der Waals surface area (Å²) in [5.41, 5.74) is 8.41. The average molecular weight is 485 g/mol. The van der Waals surface area contributed by atoms with Gasteiger partial charge in [0.1, 0.15) is 12.3 Å². The van der Waals surface area contributed by atoms with Crippen molar-refractivity contribution in [2.24, 2.45) is 0 Å². The highest BCUT2D eigenvalue weighted by atomic mass is 16.5. The third-order valence-corrected chi connectivity index (χ3v) is 4.76. The van der Waals surface area contributed by atoms with E-state index >= 15 is 0 Å². The van der Waals surface area contributed by atoms with Gasteiger partial charge in [-0.2, -0.15) is 4.98 Å². The second-order valence-electron chi connectivity index (χ2n) is 7.53. The van der Waals surface area contributed by atoms with Gasteiger partial charge in [-0.3, -0.25) is 4.98 Å². The molecule has 0 unspecified atom stereocenters. The minimum absolute atomic E-state index is 0.239. The van der Waals surface area contributed by atoms with Gasteiger partial charge in [0.2, 0.25) is 5.82 Å². The second kappa shape index (κ2) is 16.3. The molecule has 1 aromatic carbocycles. The number of hydrogen-bond donors (Lipinski definition) is 1. The van der Waals surface area contributed by atoms with Gasteiger partial charge in [-0.05, 0) is 56.4 Å². The maximum absolute atomic E-state index is 11.8. The SMILES string of the molecule is CC.Cc1cc(N)cnc1-c1noc(COCCCOCCCCCOC(=O)c2ccccc2)n1. The average Bonchev–Trinajstić information content (AvgIpc) is 3.35. The van der Waals surface area contributed by atoms with Crippen molar-refractivity contribution in [3.8, 4) is 11.5 Å². The Balaban J connectivity index is 0.00000210. The van der Waals surface area contributed by atoms with E-state index in [9.17, 15) is 4.79 Å². The van der Waals surface area contributed by atoms with Crippen LogP contribution in [0.2, 0.25) is 0 Å². The van der Waals surface area contributed by atoms with Gasteiger partial charge in [-0.1, -0.05) is 37.2 Å². The summed E-state index contributed by atoms with van der Waals surface area (Å²) in [5, 5.41) is 3.95. The van der Waals surface area contributed by atoms with E-state index in [2.05, 4.69) is 15.1 Å². The lowest BCUT2D eigenvalue weighted by atomic mass is 10.2. The van der Waals surface area contributed by atoms with Crippen LogP contribution >= 0.6 is 0 Å². The minimum atomic E-state index is -0.277. The Bertz CT molecular complexity index is 994. The number of ether oxygens (including phenoxy) is 3. The predicted molar refractivity (Wildman–Crippen MR) is 134 cm³/mol. The quantitative estimate of drug-likeness (QED) is 0.249. The number of nitrogen functional groups attached to an aromatic ring is 1. The molecule has 0 amide bonds. The van der Waals surface area contributed by atoms with Crippen LogP contribution in [0.25, 0.3) is 11.5 Å². The molecule has 0 spiro atoms. The summed E-state index contributed by atoms with van der Waals surface area (Å²) in [7, 11) is 0. The molecule has 0 saturated heterocycles. The van der Waals surface area contributed by atoms with E-state index < -0.39 is 0 Å². The molecule has 0 saturated carbocycles. The Labute approximate surface area is 207 Å². The number of benzene rings is 1. The number of nitrogens with two attached hydrogens (primary N) is 1. The van der Waals surface area contributed by atoms with Crippen LogP contribution in [0.3, 0.4) is 0 Å². The zero-order valence-corrected chi connectivity index (χ0v) is 20.9. The molecule has 0 aliphatic carbocycles. The number of hydrogen-bond acceptors (Lipinski definition) is 9. The van der Waals surface area contributed by atoms with E-state index in [1.165, 1.54) is 0 Å². The largest absolute Gasteiger partial charge is 0.462 e. The van der Waals surface area contributed by atoms with Crippen LogP contribution in [0.4, 0.5) is 5.69 Å². The van der Waals surface area contributed by atoms with Crippen molar-refractivity contribution in [1.29, 1.82) is 0 Å². The summed E-state index contributed by atoms with van der Waals surface area (Å²) in [6, 6.07) is 10.8. The van der Waals surface area contributed by atoms with Gasteiger partial charge in [-0.15, -0.1) is 0 Å². The smallest absolute Gasteiger partial charge is 0.338 e. The number of unbranched alkanes of at least 4 members (excludes halogenated alkanes) is 2. The molecule has 190 valence electrons. The van der Waals surface area contributed by atoms with Crippen LogP contribution < -0.4 is 5.73 Å². The molecule has 0 bridgehead atoms. The molecular weight excluding hydrogens is 448 g/mol. The minimum Gasteiger partial charge on any atom is -0.462 e. The van der Waals surface area contributed by atoms with E-state index in [0.717, 1.165) is 31.2 Å². The summed E-state index contributed by atoms with van der Waals surface area (Å²) in [4.78, 5) is 20.4. The Kier molecular flexibility index (Phi) is 13.1. The molecule has 2 N–H and O–H groups in total. The highest BCUT2D eigenvalue weighted by Gasteiger charge is 2.12. The molecular formula is C26H36N4O5. The molecule has 0 atom stereocenters. The number of aryl methyl sites for hydroxylation is 1. The zero-order valence-electron chi connectivity index (χ0n) is 20.9. The number of carbonyl (C=O) groups excluding carboxylic acids is 1. The lowest BCUT2D eigenvalue weighted by Crippen LogP contribution is -2.06. The molecule has 35 heavy (non-hydrogen) atoms. The standard InChI is InChI=1S/C24H30N4O5.C2H6/c1-18-15-20(25)16-26-22(18)23-27-21(33-28-23)17-31-13-8-12-30-11-6-3-7-14-32-24(29)19-9-4-2-5-10-19;1-2/h2,4-5,9-10,15-16H,3,6-8,11-14,17,25H2,1H3;1-2H3. The van der Waals surface area contributed by atoms with E-state index in [4.69, 9.17) is 24.5 Å². The Morgan fingerprint density at radius 1 is 0.971 bits per heavy atom. The normalized spacial score (nSPS) is 10.5. The van der Waals surface area contributed by atoms with Crippen LogP contribution in [-0.2, 0) is 20.8 Å². The molecule has 9 heteroatoms. The van der Waals surface area contributed by atoms with Crippen molar-refractivity contribution in [2.75, 3.05) is 32.2 Å². The fourth-order valence-electron chi connectivity index (χ4n) is 3.07. The molecule has 2 heterocycles. The van der Waals surface area contributed by atoms with Crippen LogP contribution in [0.5, 0.6) is 0 Å². The van der Waals surface area contributed by atoms with Gasteiger partial charge < -0.3 is 24.5 Å². The highest BCUT2D eigenvalue weighted by Crippen LogP contribution is 2.19. The molecule has 3 rings (SSSR count). The Hall–Kier alpha value is -3.30.